The monoisotopic (exact) mass is 374 g/mol. The maximum Gasteiger partial charge on any atom is 0.325 e. The molecule has 0 unspecified atom stereocenters. The zero-order chi connectivity index (χ0) is 17.6. The second-order valence-corrected chi connectivity index (χ2v) is 7.25. The second kappa shape index (κ2) is 6.04. The second-order valence-electron chi connectivity index (χ2n) is 6.44. The maximum absolute atomic E-state index is 13.2. The molecule has 1 aliphatic carbocycles. The SMILES string of the molecule is O=C1N[C@@]2(CCCc3ccccc32)C(=O)N1Cc1c(Cl)cccc1Cl. The third-order valence-corrected chi connectivity index (χ3v) is 5.74. The zero-order valence-corrected chi connectivity index (χ0v) is 14.9. The first-order valence-corrected chi connectivity index (χ1v) is 8.94. The molecule has 2 aromatic rings. The fourth-order valence-corrected chi connectivity index (χ4v) is 4.31. The van der Waals surface area contributed by atoms with E-state index in [-0.39, 0.29) is 12.5 Å². The molecular formula is C19H16Cl2N2O2. The quantitative estimate of drug-likeness (QED) is 0.797. The van der Waals surface area contributed by atoms with Crippen LogP contribution in [0, 0.1) is 0 Å². The highest BCUT2D eigenvalue weighted by Gasteiger charge is 2.53. The van der Waals surface area contributed by atoms with E-state index in [1.165, 1.54) is 4.90 Å². The van der Waals surface area contributed by atoms with Crippen molar-refractivity contribution in [1.82, 2.24) is 10.2 Å². The van der Waals surface area contributed by atoms with Gasteiger partial charge >= 0.3 is 6.03 Å². The lowest BCUT2D eigenvalue weighted by Gasteiger charge is -2.33. The Kier molecular flexibility index (Phi) is 3.97. The predicted molar refractivity (Wildman–Crippen MR) is 96.6 cm³/mol. The van der Waals surface area contributed by atoms with Crippen molar-refractivity contribution < 1.29 is 9.59 Å². The highest BCUT2D eigenvalue weighted by Crippen LogP contribution is 2.40. The molecule has 1 N–H and O–H groups in total. The van der Waals surface area contributed by atoms with Gasteiger partial charge in [0.2, 0.25) is 0 Å². The van der Waals surface area contributed by atoms with Gasteiger partial charge in [-0.3, -0.25) is 9.69 Å². The van der Waals surface area contributed by atoms with Gasteiger partial charge in [-0.25, -0.2) is 4.79 Å². The zero-order valence-electron chi connectivity index (χ0n) is 13.4. The van der Waals surface area contributed by atoms with Crippen molar-refractivity contribution in [3.05, 3.63) is 69.2 Å². The molecule has 2 aromatic carbocycles. The number of benzene rings is 2. The molecule has 0 aromatic heterocycles. The fraction of sp³-hybridized carbons (Fsp3) is 0.263. The first-order valence-electron chi connectivity index (χ1n) is 8.18. The molecule has 1 saturated heterocycles. The number of nitrogens with one attached hydrogen (secondary N) is 1. The van der Waals surface area contributed by atoms with Crippen LogP contribution in [0.5, 0.6) is 0 Å². The van der Waals surface area contributed by atoms with Crippen LogP contribution in [-0.4, -0.2) is 16.8 Å². The van der Waals surface area contributed by atoms with Gasteiger partial charge in [-0.2, -0.15) is 0 Å². The molecule has 1 spiro atoms. The van der Waals surface area contributed by atoms with Crippen LogP contribution in [0.15, 0.2) is 42.5 Å². The molecule has 1 fully saturated rings. The van der Waals surface area contributed by atoms with Gasteiger partial charge in [0, 0.05) is 15.6 Å². The molecular weight excluding hydrogens is 359 g/mol. The van der Waals surface area contributed by atoms with Crippen LogP contribution in [0.25, 0.3) is 0 Å². The highest BCUT2D eigenvalue weighted by molar-refractivity contribution is 6.36. The van der Waals surface area contributed by atoms with E-state index in [1.807, 2.05) is 24.3 Å². The smallest absolute Gasteiger partial charge is 0.319 e. The molecule has 3 amide bonds. The van der Waals surface area contributed by atoms with Crippen LogP contribution < -0.4 is 5.32 Å². The van der Waals surface area contributed by atoms with Gasteiger partial charge in [0.05, 0.1) is 6.54 Å². The minimum absolute atomic E-state index is 0.0626. The summed E-state index contributed by atoms with van der Waals surface area (Å²) in [6.45, 7) is 0.0626. The van der Waals surface area contributed by atoms with Crippen LogP contribution in [0.2, 0.25) is 10.0 Å². The van der Waals surface area contributed by atoms with Gasteiger partial charge < -0.3 is 5.32 Å². The fourth-order valence-electron chi connectivity index (χ4n) is 3.80. The summed E-state index contributed by atoms with van der Waals surface area (Å²) in [6, 6.07) is 12.5. The molecule has 6 heteroatoms. The molecule has 2 aliphatic rings. The van der Waals surface area contributed by atoms with Crippen molar-refractivity contribution in [2.75, 3.05) is 0 Å². The number of hydrogen-bond acceptors (Lipinski definition) is 2. The molecule has 4 rings (SSSR count). The van der Waals surface area contributed by atoms with Crippen molar-refractivity contribution in [1.29, 1.82) is 0 Å². The van der Waals surface area contributed by atoms with Crippen molar-refractivity contribution >= 4 is 35.1 Å². The number of carbonyl (C=O) groups excluding carboxylic acids is 2. The van der Waals surface area contributed by atoms with Gasteiger partial charge in [0.1, 0.15) is 5.54 Å². The Morgan fingerprint density at radius 2 is 1.76 bits per heavy atom. The van der Waals surface area contributed by atoms with Gasteiger partial charge in [-0.15, -0.1) is 0 Å². The number of rotatable bonds is 2. The van der Waals surface area contributed by atoms with Crippen molar-refractivity contribution in [3.63, 3.8) is 0 Å². The summed E-state index contributed by atoms with van der Waals surface area (Å²) in [7, 11) is 0. The standard InChI is InChI=1S/C19H16Cl2N2O2/c20-15-8-3-9-16(21)13(15)11-23-17(24)19(22-18(23)25)10-4-6-12-5-1-2-7-14(12)19/h1-3,5,7-9H,4,6,10-11H2,(H,22,25)/t19-/m1/s1. The number of urea groups is 1. The molecule has 0 saturated carbocycles. The summed E-state index contributed by atoms with van der Waals surface area (Å²) in [6.07, 6.45) is 2.36. The van der Waals surface area contributed by atoms with Crippen LogP contribution in [-0.2, 0) is 23.3 Å². The van der Waals surface area contributed by atoms with Gasteiger partial charge in [0.25, 0.3) is 5.91 Å². The molecule has 0 radical (unpaired) electrons. The number of nitrogens with zero attached hydrogens (tertiary/aromatic N) is 1. The van der Waals surface area contributed by atoms with E-state index in [1.54, 1.807) is 18.2 Å². The number of carbonyl (C=O) groups is 2. The third kappa shape index (κ3) is 2.52. The number of fused-ring (bicyclic) bond motifs is 2. The van der Waals surface area contributed by atoms with E-state index in [4.69, 9.17) is 23.2 Å². The van der Waals surface area contributed by atoms with Crippen LogP contribution in [0.1, 0.15) is 29.5 Å². The topological polar surface area (TPSA) is 49.4 Å². The first-order chi connectivity index (χ1) is 12.0. The number of amides is 3. The number of aryl methyl sites for hydroxylation is 1. The summed E-state index contributed by atoms with van der Waals surface area (Å²) in [5.41, 5.74) is 1.61. The van der Waals surface area contributed by atoms with Crippen LogP contribution in [0.3, 0.4) is 0 Å². The lowest BCUT2D eigenvalue weighted by Crippen LogP contribution is -2.46. The molecule has 25 heavy (non-hydrogen) atoms. The molecule has 4 nitrogen and oxygen atoms in total. The summed E-state index contributed by atoms with van der Waals surface area (Å²) >= 11 is 12.4. The lowest BCUT2D eigenvalue weighted by molar-refractivity contribution is -0.132. The molecule has 0 bridgehead atoms. The van der Waals surface area contributed by atoms with Crippen LogP contribution >= 0.6 is 23.2 Å². The molecule has 1 heterocycles. The van der Waals surface area contributed by atoms with E-state index in [0.29, 0.717) is 22.0 Å². The average molecular weight is 375 g/mol. The van der Waals surface area contributed by atoms with E-state index < -0.39 is 11.6 Å². The van der Waals surface area contributed by atoms with Crippen LogP contribution in [0.4, 0.5) is 4.79 Å². The normalized spacial score (nSPS) is 22.2. The lowest BCUT2D eigenvalue weighted by atomic mass is 9.76. The minimum atomic E-state index is -0.973. The van der Waals surface area contributed by atoms with Crippen molar-refractivity contribution in [3.8, 4) is 0 Å². The van der Waals surface area contributed by atoms with Gasteiger partial charge in [0.15, 0.2) is 0 Å². The Morgan fingerprint density at radius 1 is 1.04 bits per heavy atom. The number of imide groups is 1. The predicted octanol–water partition coefficient (Wildman–Crippen LogP) is 4.28. The van der Waals surface area contributed by atoms with Crippen molar-refractivity contribution in [2.24, 2.45) is 0 Å². The highest BCUT2D eigenvalue weighted by atomic mass is 35.5. The Bertz CT molecular complexity index is 863. The number of hydrogen-bond donors (Lipinski definition) is 1. The minimum Gasteiger partial charge on any atom is -0.319 e. The Hall–Kier alpha value is -2.04. The molecule has 1 atom stereocenters. The summed E-state index contributed by atoms with van der Waals surface area (Å²) in [5, 5.41) is 3.82. The molecule has 128 valence electrons. The summed E-state index contributed by atoms with van der Waals surface area (Å²) < 4.78 is 0. The van der Waals surface area contributed by atoms with Gasteiger partial charge in [-0.1, -0.05) is 53.5 Å². The van der Waals surface area contributed by atoms with E-state index in [2.05, 4.69) is 5.32 Å². The maximum atomic E-state index is 13.2. The number of halogens is 2. The average Bonchev–Trinajstić information content (AvgIpc) is 2.83. The van der Waals surface area contributed by atoms with Crippen molar-refractivity contribution in [2.45, 2.75) is 31.3 Å². The van der Waals surface area contributed by atoms with E-state index in [9.17, 15) is 9.59 Å². The summed E-state index contributed by atoms with van der Waals surface area (Å²) in [5.74, 6) is -0.236. The Balaban J connectivity index is 1.73. The Labute approximate surface area is 155 Å². The Morgan fingerprint density at radius 3 is 2.52 bits per heavy atom. The summed E-state index contributed by atoms with van der Waals surface area (Å²) in [4.78, 5) is 27.1. The first kappa shape index (κ1) is 16.4. The largest absolute Gasteiger partial charge is 0.325 e. The third-order valence-electron chi connectivity index (χ3n) is 5.03. The molecule has 1 aliphatic heterocycles. The van der Waals surface area contributed by atoms with E-state index >= 15 is 0 Å². The van der Waals surface area contributed by atoms with Gasteiger partial charge in [-0.05, 0) is 42.5 Å². The van der Waals surface area contributed by atoms with E-state index in [0.717, 1.165) is 24.0 Å².